The third-order valence-corrected chi connectivity index (χ3v) is 5.73. The van der Waals surface area contributed by atoms with Crippen LogP contribution in [0.15, 0.2) is 28.7 Å². The topological polar surface area (TPSA) is 75.3 Å². The molecular weight excluding hydrogens is 348 g/mol. The molecule has 4 rings (SSSR count). The Morgan fingerprint density at radius 1 is 1.15 bits per heavy atom. The van der Waals surface area contributed by atoms with E-state index in [1.165, 1.54) is 5.56 Å². The summed E-state index contributed by atoms with van der Waals surface area (Å²) in [5, 5.41) is 18.6. The molecule has 3 heterocycles. The van der Waals surface area contributed by atoms with E-state index in [2.05, 4.69) is 60.2 Å². The average Bonchev–Trinajstić information content (AvgIpc) is 3.17. The summed E-state index contributed by atoms with van der Waals surface area (Å²) in [5.74, 6) is 0.481. The van der Waals surface area contributed by atoms with Crippen molar-refractivity contribution >= 4 is 17.4 Å². The molecule has 2 aromatic heterocycles. The normalized spacial score (nSPS) is 15.3. The van der Waals surface area contributed by atoms with Crippen LogP contribution in [0.4, 0.5) is 6.01 Å². The maximum absolute atomic E-state index is 9.41. The predicted molar refractivity (Wildman–Crippen MR) is 102 cm³/mol. The summed E-state index contributed by atoms with van der Waals surface area (Å²) >= 11 is 1.55. The first-order chi connectivity index (χ1) is 12.3. The van der Waals surface area contributed by atoms with E-state index in [4.69, 9.17) is 4.42 Å². The molecule has 7 heteroatoms. The first kappa shape index (κ1) is 17.2. The number of aliphatic hydroxyl groups is 1. The van der Waals surface area contributed by atoms with E-state index in [1.54, 1.807) is 11.3 Å². The molecule has 0 bridgehead atoms. The average molecular weight is 370 g/mol. The van der Waals surface area contributed by atoms with Gasteiger partial charge in [0.25, 0.3) is 5.89 Å². The zero-order valence-corrected chi connectivity index (χ0v) is 16.2. The fourth-order valence-electron chi connectivity index (χ4n) is 2.88. The highest BCUT2D eigenvalue weighted by atomic mass is 32.1. The van der Waals surface area contributed by atoms with Gasteiger partial charge in [0.15, 0.2) is 0 Å². The third-order valence-electron chi connectivity index (χ3n) is 4.54. The molecule has 1 fully saturated rings. The number of hydrogen-bond donors (Lipinski definition) is 1. The number of thiazole rings is 1. The molecule has 0 amide bonds. The van der Waals surface area contributed by atoms with Crippen LogP contribution in [0.3, 0.4) is 0 Å². The fourth-order valence-corrected chi connectivity index (χ4v) is 3.87. The molecule has 0 saturated carbocycles. The summed E-state index contributed by atoms with van der Waals surface area (Å²) in [6.07, 6.45) is -0.307. The van der Waals surface area contributed by atoms with Crippen molar-refractivity contribution < 1.29 is 9.52 Å². The minimum atomic E-state index is -0.307. The molecule has 1 aliphatic heterocycles. The lowest BCUT2D eigenvalue weighted by Crippen LogP contribution is -2.51. The number of β-amino-alcohol motifs (C(OH)–C–C–N with tert-alkyl or cyclic N) is 1. The van der Waals surface area contributed by atoms with Crippen molar-refractivity contribution in [2.75, 3.05) is 18.0 Å². The highest BCUT2D eigenvalue weighted by Gasteiger charge is 2.29. The summed E-state index contributed by atoms with van der Waals surface area (Å²) < 4.78 is 5.78. The molecule has 26 heavy (non-hydrogen) atoms. The molecule has 136 valence electrons. The van der Waals surface area contributed by atoms with Crippen molar-refractivity contribution in [2.24, 2.45) is 0 Å². The number of hydrogen-bond acceptors (Lipinski definition) is 7. The molecule has 0 radical (unpaired) electrons. The fraction of sp³-hybridized carbons (Fsp3) is 0.421. The van der Waals surface area contributed by atoms with E-state index in [9.17, 15) is 5.11 Å². The second-order valence-corrected chi connectivity index (χ2v) is 8.71. The number of benzene rings is 1. The molecule has 1 aromatic carbocycles. The molecule has 0 aliphatic carbocycles. The van der Waals surface area contributed by atoms with Crippen molar-refractivity contribution in [3.8, 4) is 21.3 Å². The third kappa shape index (κ3) is 3.12. The SMILES string of the molecule is Cc1nc(-c2ccc(C(C)(C)C)cc2)sc1-c1nnc(N2CC(O)C2)o1. The lowest BCUT2D eigenvalue weighted by Gasteiger charge is -2.33. The van der Waals surface area contributed by atoms with Crippen LogP contribution in [0, 0.1) is 6.92 Å². The summed E-state index contributed by atoms with van der Waals surface area (Å²) in [5.41, 5.74) is 3.40. The molecule has 1 saturated heterocycles. The Hall–Kier alpha value is -2.25. The number of nitrogens with zero attached hydrogens (tertiary/aromatic N) is 4. The van der Waals surface area contributed by atoms with E-state index in [-0.39, 0.29) is 11.5 Å². The number of anilines is 1. The molecular formula is C19H22N4O2S. The minimum Gasteiger partial charge on any atom is -0.402 e. The van der Waals surface area contributed by atoms with Crippen LogP contribution in [-0.2, 0) is 5.41 Å². The Kier molecular flexibility index (Phi) is 4.08. The van der Waals surface area contributed by atoms with E-state index in [0.29, 0.717) is 25.0 Å². The largest absolute Gasteiger partial charge is 0.402 e. The van der Waals surface area contributed by atoms with Crippen molar-refractivity contribution in [2.45, 2.75) is 39.2 Å². The second-order valence-electron chi connectivity index (χ2n) is 7.71. The van der Waals surface area contributed by atoms with Gasteiger partial charge < -0.3 is 14.4 Å². The maximum atomic E-state index is 9.41. The van der Waals surface area contributed by atoms with Crippen molar-refractivity contribution in [1.29, 1.82) is 0 Å². The standard InChI is InChI=1S/C19H22N4O2S/c1-11-15(16-21-22-18(25-16)23-9-14(24)10-23)26-17(20-11)12-5-7-13(8-6-12)19(2,3)4/h5-8,14,24H,9-10H2,1-4H3. The van der Waals surface area contributed by atoms with Gasteiger partial charge in [0.05, 0.1) is 24.9 Å². The minimum absolute atomic E-state index is 0.132. The highest BCUT2D eigenvalue weighted by Crippen LogP contribution is 2.36. The van der Waals surface area contributed by atoms with Gasteiger partial charge in [-0.1, -0.05) is 50.1 Å². The van der Waals surface area contributed by atoms with Gasteiger partial charge in [-0.2, -0.15) is 0 Å². The molecule has 0 spiro atoms. The molecule has 3 aromatic rings. The van der Waals surface area contributed by atoms with Crippen LogP contribution in [0.2, 0.25) is 0 Å². The van der Waals surface area contributed by atoms with Crippen molar-refractivity contribution in [1.82, 2.24) is 15.2 Å². The van der Waals surface area contributed by atoms with Gasteiger partial charge >= 0.3 is 6.01 Å². The maximum Gasteiger partial charge on any atom is 0.318 e. The number of aromatic nitrogens is 3. The van der Waals surface area contributed by atoms with Crippen LogP contribution in [0.5, 0.6) is 0 Å². The zero-order valence-electron chi connectivity index (χ0n) is 15.4. The molecule has 6 nitrogen and oxygen atoms in total. The van der Waals surface area contributed by atoms with Crippen molar-refractivity contribution in [3.05, 3.63) is 35.5 Å². The Labute approximate surface area is 156 Å². The molecule has 1 N–H and O–H groups in total. The highest BCUT2D eigenvalue weighted by molar-refractivity contribution is 7.18. The second kappa shape index (κ2) is 6.17. The van der Waals surface area contributed by atoms with Gasteiger partial charge in [0.1, 0.15) is 9.88 Å². The van der Waals surface area contributed by atoms with Crippen molar-refractivity contribution in [3.63, 3.8) is 0 Å². The van der Waals surface area contributed by atoms with E-state index in [0.717, 1.165) is 21.1 Å². The molecule has 0 unspecified atom stereocenters. The van der Waals surface area contributed by atoms with Crippen LogP contribution < -0.4 is 4.90 Å². The Morgan fingerprint density at radius 2 is 1.85 bits per heavy atom. The van der Waals surface area contributed by atoms with E-state index < -0.39 is 0 Å². The zero-order chi connectivity index (χ0) is 18.5. The smallest absolute Gasteiger partial charge is 0.318 e. The van der Waals surface area contributed by atoms with Gasteiger partial charge in [0, 0.05) is 5.56 Å². The summed E-state index contributed by atoms with van der Waals surface area (Å²) in [4.78, 5) is 7.44. The molecule has 0 atom stereocenters. The Bertz CT molecular complexity index is 918. The lowest BCUT2D eigenvalue weighted by molar-refractivity contribution is 0.137. The van der Waals surface area contributed by atoms with E-state index >= 15 is 0 Å². The predicted octanol–water partition coefficient (Wildman–Crippen LogP) is 3.65. The number of rotatable bonds is 3. The lowest BCUT2D eigenvalue weighted by atomic mass is 9.87. The van der Waals surface area contributed by atoms with Gasteiger partial charge in [-0.15, -0.1) is 16.4 Å². The van der Waals surface area contributed by atoms with Gasteiger partial charge in [-0.3, -0.25) is 0 Å². The van der Waals surface area contributed by atoms with Gasteiger partial charge in [-0.25, -0.2) is 4.98 Å². The quantitative estimate of drug-likeness (QED) is 0.758. The Morgan fingerprint density at radius 3 is 2.46 bits per heavy atom. The first-order valence-corrected chi connectivity index (χ1v) is 9.48. The van der Waals surface area contributed by atoms with Crippen LogP contribution in [-0.4, -0.2) is 39.5 Å². The number of aliphatic hydroxyl groups excluding tert-OH is 1. The number of aryl methyl sites for hydroxylation is 1. The summed E-state index contributed by atoms with van der Waals surface area (Å²) in [6, 6.07) is 9.00. The van der Waals surface area contributed by atoms with Crippen LogP contribution in [0.25, 0.3) is 21.3 Å². The van der Waals surface area contributed by atoms with E-state index in [1.807, 2.05) is 11.8 Å². The van der Waals surface area contributed by atoms with Gasteiger partial charge in [-0.05, 0) is 17.9 Å². The van der Waals surface area contributed by atoms with Gasteiger partial charge in [0.2, 0.25) is 0 Å². The summed E-state index contributed by atoms with van der Waals surface area (Å²) in [7, 11) is 0. The monoisotopic (exact) mass is 370 g/mol. The summed E-state index contributed by atoms with van der Waals surface area (Å²) in [6.45, 7) is 9.65. The molecule has 1 aliphatic rings. The van der Waals surface area contributed by atoms with Crippen LogP contribution in [0.1, 0.15) is 32.0 Å². The first-order valence-electron chi connectivity index (χ1n) is 8.66. The Balaban J connectivity index is 1.60. The van der Waals surface area contributed by atoms with Crippen LogP contribution >= 0.6 is 11.3 Å².